The van der Waals surface area contributed by atoms with Gasteiger partial charge in [0.2, 0.25) is 35.4 Å². The monoisotopic (exact) mass is 1240 g/mol. The summed E-state index contributed by atoms with van der Waals surface area (Å²) in [5, 5.41) is 56.5. The minimum Gasteiger partial charge on any atom is -0.481 e. The summed E-state index contributed by atoms with van der Waals surface area (Å²) < 4.78 is 1.97. The van der Waals surface area contributed by atoms with E-state index < -0.39 is 148 Å². The van der Waals surface area contributed by atoms with Crippen LogP contribution in [-0.4, -0.2) is 171 Å². The first-order valence-electron chi connectivity index (χ1n) is 30.0. The first-order chi connectivity index (χ1) is 41.1. The predicted octanol–water partition coefficient (Wildman–Crippen LogP) is 5.75. The molecule has 3 rings (SSSR count). The number of carboxylic acid groups (broad SMARTS) is 4. The average Bonchev–Trinajstić information content (AvgIpc) is 1.83. The minimum absolute atomic E-state index is 0.0407. The van der Waals surface area contributed by atoms with E-state index in [2.05, 4.69) is 31.9 Å². The fraction of sp³-hybridized carbons (Fsp3) is 0.576. The van der Waals surface area contributed by atoms with Crippen LogP contribution in [0.2, 0.25) is 0 Å². The SMILES string of the molecule is CN[C@H](C(=O)N[C@H](C(=O)N(C)[C@H](/C=C(\C)C(=O)N[C@@H](CC(=O)O)C(=O)O)C(C)CCC(C)(C)[C@H](NC(=O)[C@@H](NC)C(C)(C)c1cn(C)c2ccccc12)C(=O)N(C)[C@H](/C=C(\C)C(=O)N[C@H](CCC(=O)O)C(=O)O)C(C)C)C(C)(C)C)C(C)(C)c1ccccc1. The molecule has 0 fully saturated rings. The third-order valence-electron chi connectivity index (χ3n) is 17.3. The molecule has 0 saturated heterocycles. The Labute approximate surface area is 524 Å². The number of fused-ring (bicyclic) bond motifs is 1. The van der Waals surface area contributed by atoms with E-state index in [1.165, 1.54) is 49.9 Å². The number of nitrogens with one attached hydrogen (secondary N) is 6. The number of hydrogen-bond acceptors (Lipinski definition) is 12. The molecule has 2 aromatic carbocycles. The quantitative estimate of drug-likeness (QED) is 0.0325. The number of benzene rings is 2. The van der Waals surface area contributed by atoms with Gasteiger partial charge < -0.3 is 66.7 Å². The number of aryl methyl sites for hydroxylation is 1. The molecule has 0 aliphatic heterocycles. The Balaban J connectivity index is 2.26. The number of carboxylic acids is 4. The van der Waals surface area contributed by atoms with Gasteiger partial charge in [-0.2, -0.15) is 0 Å². The van der Waals surface area contributed by atoms with E-state index in [0.717, 1.165) is 22.0 Å². The van der Waals surface area contributed by atoms with Gasteiger partial charge >= 0.3 is 23.9 Å². The lowest BCUT2D eigenvalue weighted by Gasteiger charge is -2.42. The fourth-order valence-electron chi connectivity index (χ4n) is 11.5. The number of aromatic nitrogens is 1. The van der Waals surface area contributed by atoms with Crippen molar-refractivity contribution in [2.45, 2.75) is 188 Å². The van der Waals surface area contributed by atoms with Crippen LogP contribution in [0.25, 0.3) is 10.9 Å². The number of amides is 6. The summed E-state index contributed by atoms with van der Waals surface area (Å²) in [6, 6.07) is 7.83. The zero-order chi connectivity index (χ0) is 68.0. The van der Waals surface area contributed by atoms with Gasteiger partial charge in [0, 0.05) is 66.6 Å². The van der Waals surface area contributed by atoms with Crippen molar-refractivity contribution < 1.29 is 68.4 Å². The molecule has 3 aromatic rings. The van der Waals surface area contributed by atoms with E-state index in [1.807, 2.05) is 121 Å². The second-order valence-corrected chi connectivity index (χ2v) is 26.8. The van der Waals surface area contributed by atoms with Crippen molar-refractivity contribution in [3.8, 4) is 0 Å². The summed E-state index contributed by atoms with van der Waals surface area (Å²) in [7, 11) is 8.27. The van der Waals surface area contributed by atoms with Crippen molar-refractivity contribution in [1.82, 2.24) is 46.3 Å². The summed E-state index contributed by atoms with van der Waals surface area (Å²) >= 11 is 0. The minimum atomic E-state index is -1.80. The van der Waals surface area contributed by atoms with Crippen molar-refractivity contribution in [3.05, 3.63) is 95.2 Å². The normalized spacial score (nSPS) is 15.7. The Bertz CT molecular complexity index is 3100. The van der Waals surface area contributed by atoms with Gasteiger partial charge in [-0.1, -0.05) is 144 Å². The van der Waals surface area contributed by atoms with Crippen LogP contribution in [0.4, 0.5) is 0 Å². The lowest BCUT2D eigenvalue weighted by atomic mass is 9.74. The molecule has 0 aliphatic carbocycles. The number of para-hydroxylation sites is 1. The highest BCUT2D eigenvalue weighted by Crippen LogP contribution is 2.37. The largest absolute Gasteiger partial charge is 0.481 e. The number of carbonyl (C=O) groups is 10. The van der Waals surface area contributed by atoms with Crippen LogP contribution in [0.5, 0.6) is 0 Å². The van der Waals surface area contributed by atoms with Gasteiger partial charge in [0.1, 0.15) is 24.2 Å². The number of hydrogen-bond donors (Lipinski definition) is 10. The molecule has 0 saturated carbocycles. The first-order valence-corrected chi connectivity index (χ1v) is 30.0. The van der Waals surface area contributed by atoms with E-state index in [-0.39, 0.29) is 36.3 Å². The number of carbonyl (C=O) groups excluding carboxylic acids is 6. The van der Waals surface area contributed by atoms with Gasteiger partial charge in [0.25, 0.3) is 0 Å². The number of aliphatic carboxylic acids is 4. The Hall–Kier alpha value is -7.92. The molecular formula is C66H99N9O14. The molecule has 23 heteroatoms. The van der Waals surface area contributed by atoms with Gasteiger partial charge in [-0.15, -0.1) is 0 Å². The number of nitrogens with zero attached hydrogens (tertiary/aromatic N) is 3. The third-order valence-corrected chi connectivity index (χ3v) is 17.3. The topological polar surface area (TPSA) is 335 Å². The third kappa shape index (κ3) is 19.5. The molecule has 0 radical (unpaired) electrons. The molecule has 23 nitrogen and oxygen atoms in total. The molecule has 6 amide bonds. The highest BCUT2D eigenvalue weighted by molar-refractivity contribution is 5.98. The Morgan fingerprint density at radius 2 is 1.03 bits per heavy atom. The van der Waals surface area contributed by atoms with E-state index in [1.54, 1.807) is 48.7 Å². The standard InChI is InChI=1S/C66H99N9O14/c1-37(2)47(33-39(4)55(80)69-44(61(86)87)29-30-49(76)77)74(18)60(85)54(72-58(83)52(68-16)66(13,14)43-36-73(17)46-28-24-23-27-42(43)46)64(9,10)32-31-38(3)48(34-40(5)56(81)70-45(62(88)89)35-50(78)79)75(19)59(84)53(63(6,7)8)71-57(82)51(67-15)65(11,12)41-25-21-20-22-26-41/h20-28,33-34,36-38,44-45,47-48,51-54,67-68H,29-32,35H2,1-19H3,(H,69,80)(H,70,81)(H,71,82)(H,72,83)(H,76,77)(H,78,79)(H,86,87)(H,88,89)/b39-33+,40-34+/t38?,44-,45+,47-,48-,51-,52-,53-,54-/m1/s1. The second-order valence-electron chi connectivity index (χ2n) is 26.8. The average molecular weight is 1240 g/mol. The fourth-order valence-corrected chi connectivity index (χ4v) is 11.5. The van der Waals surface area contributed by atoms with Gasteiger partial charge in [-0.3, -0.25) is 38.4 Å². The van der Waals surface area contributed by atoms with Gasteiger partial charge in [0.15, 0.2) is 0 Å². The van der Waals surface area contributed by atoms with Crippen LogP contribution in [0.1, 0.15) is 140 Å². The van der Waals surface area contributed by atoms with Crippen molar-refractivity contribution in [1.29, 1.82) is 0 Å². The maximum Gasteiger partial charge on any atom is 0.326 e. The number of likely N-dealkylation sites (N-methyl/N-ethyl adjacent to an activating group) is 4. The van der Waals surface area contributed by atoms with Crippen molar-refractivity contribution in [2.24, 2.45) is 29.7 Å². The molecule has 1 aromatic heterocycles. The van der Waals surface area contributed by atoms with Gasteiger partial charge in [-0.25, -0.2) is 9.59 Å². The smallest absolute Gasteiger partial charge is 0.326 e. The Morgan fingerprint density at radius 1 is 0.573 bits per heavy atom. The highest BCUT2D eigenvalue weighted by Gasteiger charge is 2.46. The molecule has 0 spiro atoms. The summed E-state index contributed by atoms with van der Waals surface area (Å²) in [5.41, 5.74) is -1.10. The van der Waals surface area contributed by atoms with Gasteiger partial charge in [-0.05, 0) is 87.1 Å². The van der Waals surface area contributed by atoms with Crippen LogP contribution in [0.15, 0.2) is 84.1 Å². The zero-order valence-corrected chi connectivity index (χ0v) is 55.5. The molecule has 492 valence electrons. The van der Waals surface area contributed by atoms with Crippen LogP contribution in [-0.2, 0) is 65.8 Å². The maximum atomic E-state index is 15.6. The van der Waals surface area contributed by atoms with E-state index in [9.17, 15) is 54.0 Å². The molecular weight excluding hydrogens is 1140 g/mol. The van der Waals surface area contributed by atoms with Gasteiger partial charge in [0.05, 0.1) is 30.6 Å². The molecule has 10 N–H and O–H groups in total. The van der Waals surface area contributed by atoms with E-state index >= 15 is 14.4 Å². The Kier molecular flexibility index (Phi) is 26.7. The highest BCUT2D eigenvalue weighted by atomic mass is 16.4. The molecule has 9 atom stereocenters. The molecule has 89 heavy (non-hydrogen) atoms. The lowest BCUT2D eigenvalue weighted by Crippen LogP contribution is -2.62. The van der Waals surface area contributed by atoms with Crippen molar-refractivity contribution >= 4 is 70.2 Å². The second kappa shape index (κ2) is 31.5. The summed E-state index contributed by atoms with van der Waals surface area (Å²) in [4.78, 5) is 138. The van der Waals surface area contributed by atoms with E-state index in [0.29, 0.717) is 0 Å². The first kappa shape index (κ1) is 75.3. The van der Waals surface area contributed by atoms with Crippen LogP contribution >= 0.6 is 0 Å². The summed E-state index contributed by atoms with van der Waals surface area (Å²) in [6.07, 6.45) is 3.50. The maximum absolute atomic E-state index is 15.6. The summed E-state index contributed by atoms with van der Waals surface area (Å²) in [5.74, 6) is -10.5. The summed E-state index contributed by atoms with van der Waals surface area (Å²) in [6.45, 7) is 25.0. The Morgan fingerprint density at radius 3 is 1.52 bits per heavy atom. The molecule has 0 bridgehead atoms. The zero-order valence-electron chi connectivity index (χ0n) is 55.5. The van der Waals surface area contributed by atoms with Crippen molar-refractivity contribution in [2.75, 3.05) is 28.2 Å². The molecule has 1 unspecified atom stereocenters. The van der Waals surface area contributed by atoms with E-state index in [4.69, 9.17) is 0 Å². The van der Waals surface area contributed by atoms with Crippen LogP contribution in [0.3, 0.4) is 0 Å². The molecule has 1 heterocycles. The number of rotatable bonds is 33. The van der Waals surface area contributed by atoms with Crippen LogP contribution < -0.4 is 31.9 Å². The molecule has 0 aliphatic rings. The van der Waals surface area contributed by atoms with Crippen molar-refractivity contribution in [3.63, 3.8) is 0 Å². The lowest BCUT2D eigenvalue weighted by molar-refractivity contribution is -0.146. The van der Waals surface area contributed by atoms with Crippen LogP contribution in [0, 0.1) is 22.7 Å². The predicted molar refractivity (Wildman–Crippen MR) is 340 cm³/mol.